The molecule has 2 atom stereocenters. The quantitative estimate of drug-likeness (QED) is 0.677. The lowest BCUT2D eigenvalue weighted by Crippen LogP contribution is -2.44. The molecular formula is C11H17NO3. The molecule has 2 saturated heterocycles. The summed E-state index contributed by atoms with van der Waals surface area (Å²) in [6.45, 7) is 2.95. The Morgan fingerprint density at radius 3 is 2.67 bits per heavy atom. The van der Waals surface area contributed by atoms with Crippen LogP contribution >= 0.6 is 0 Å². The van der Waals surface area contributed by atoms with Gasteiger partial charge in [0, 0.05) is 13.2 Å². The molecule has 0 bridgehead atoms. The SMILES string of the molecule is CC(=O)[C@@H]1CCCN1C(=O)[C@@H]1CCCO1. The van der Waals surface area contributed by atoms with Crippen LogP contribution in [0.1, 0.15) is 32.6 Å². The number of hydrogen-bond donors (Lipinski definition) is 0. The summed E-state index contributed by atoms with van der Waals surface area (Å²) in [6.07, 6.45) is 3.22. The molecular weight excluding hydrogens is 194 g/mol. The lowest BCUT2D eigenvalue weighted by Gasteiger charge is -2.25. The first-order valence-corrected chi connectivity index (χ1v) is 5.62. The number of nitrogens with zero attached hydrogens (tertiary/aromatic N) is 1. The van der Waals surface area contributed by atoms with Gasteiger partial charge in [-0.3, -0.25) is 9.59 Å². The highest BCUT2D eigenvalue weighted by Gasteiger charge is 2.36. The van der Waals surface area contributed by atoms with Gasteiger partial charge in [0.25, 0.3) is 5.91 Å². The van der Waals surface area contributed by atoms with Crippen LogP contribution in [0.2, 0.25) is 0 Å². The molecule has 2 aliphatic heterocycles. The molecule has 0 aromatic heterocycles. The second-order valence-corrected chi connectivity index (χ2v) is 4.30. The minimum absolute atomic E-state index is 0.0187. The lowest BCUT2D eigenvalue weighted by molar-refractivity contribution is -0.144. The number of Topliss-reactive ketones (excluding diaryl/α,β-unsaturated/α-hetero) is 1. The molecule has 4 heteroatoms. The predicted molar refractivity (Wildman–Crippen MR) is 54.4 cm³/mol. The van der Waals surface area contributed by atoms with Crippen LogP contribution in [0.4, 0.5) is 0 Å². The van der Waals surface area contributed by atoms with E-state index >= 15 is 0 Å². The third kappa shape index (κ3) is 2.04. The molecule has 2 aliphatic rings. The summed E-state index contributed by atoms with van der Waals surface area (Å²) >= 11 is 0. The molecule has 0 aromatic carbocycles. The number of ketones is 1. The van der Waals surface area contributed by atoms with Crippen LogP contribution in [0.15, 0.2) is 0 Å². The highest BCUT2D eigenvalue weighted by molar-refractivity contribution is 5.89. The summed E-state index contributed by atoms with van der Waals surface area (Å²) in [5.41, 5.74) is 0. The third-order valence-corrected chi connectivity index (χ3v) is 3.21. The molecule has 0 saturated carbocycles. The van der Waals surface area contributed by atoms with Crippen molar-refractivity contribution in [3.8, 4) is 0 Å². The largest absolute Gasteiger partial charge is 0.368 e. The van der Waals surface area contributed by atoms with Crippen molar-refractivity contribution in [2.75, 3.05) is 13.2 Å². The van der Waals surface area contributed by atoms with Crippen LogP contribution in [0.3, 0.4) is 0 Å². The van der Waals surface area contributed by atoms with Crippen molar-refractivity contribution in [3.63, 3.8) is 0 Å². The molecule has 1 amide bonds. The fraction of sp³-hybridized carbons (Fsp3) is 0.818. The third-order valence-electron chi connectivity index (χ3n) is 3.21. The number of likely N-dealkylation sites (tertiary alicyclic amines) is 1. The Bertz CT molecular complexity index is 271. The summed E-state index contributed by atoms with van der Waals surface area (Å²) in [5, 5.41) is 0. The van der Waals surface area contributed by atoms with Gasteiger partial charge in [-0.25, -0.2) is 0 Å². The maximum Gasteiger partial charge on any atom is 0.252 e. The van der Waals surface area contributed by atoms with Crippen LogP contribution in [-0.4, -0.2) is 41.9 Å². The fourth-order valence-corrected chi connectivity index (χ4v) is 2.41. The number of amides is 1. The summed E-state index contributed by atoms with van der Waals surface area (Å²) in [7, 11) is 0. The second kappa shape index (κ2) is 4.31. The van der Waals surface area contributed by atoms with Crippen LogP contribution in [0, 0.1) is 0 Å². The van der Waals surface area contributed by atoms with Crippen LogP contribution in [0.5, 0.6) is 0 Å². The average Bonchev–Trinajstić information content (AvgIpc) is 2.88. The van der Waals surface area contributed by atoms with Gasteiger partial charge in [-0.2, -0.15) is 0 Å². The Morgan fingerprint density at radius 2 is 2.07 bits per heavy atom. The summed E-state index contributed by atoms with van der Waals surface area (Å²) in [5.74, 6) is 0.115. The van der Waals surface area contributed by atoms with Crippen LogP contribution in [-0.2, 0) is 14.3 Å². The number of hydrogen-bond acceptors (Lipinski definition) is 3. The molecule has 0 aliphatic carbocycles. The smallest absolute Gasteiger partial charge is 0.252 e. The minimum atomic E-state index is -0.287. The van der Waals surface area contributed by atoms with E-state index in [0.29, 0.717) is 13.2 Å². The van der Waals surface area contributed by atoms with E-state index in [-0.39, 0.29) is 23.8 Å². The van der Waals surface area contributed by atoms with E-state index in [1.165, 1.54) is 0 Å². The second-order valence-electron chi connectivity index (χ2n) is 4.30. The number of rotatable bonds is 2. The maximum atomic E-state index is 12.0. The van der Waals surface area contributed by atoms with E-state index in [1.54, 1.807) is 11.8 Å². The van der Waals surface area contributed by atoms with E-state index < -0.39 is 0 Å². The Labute approximate surface area is 89.6 Å². The van der Waals surface area contributed by atoms with Crippen LogP contribution in [0.25, 0.3) is 0 Å². The molecule has 84 valence electrons. The molecule has 15 heavy (non-hydrogen) atoms. The van der Waals surface area contributed by atoms with E-state index in [1.807, 2.05) is 0 Å². The molecule has 2 rings (SSSR count). The van der Waals surface area contributed by atoms with Gasteiger partial charge in [-0.15, -0.1) is 0 Å². The van der Waals surface area contributed by atoms with Gasteiger partial charge >= 0.3 is 0 Å². The zero-order chi connectivity index (χ0) is 10.8. The zero-order valence-corrected chi connectivity index (χ0v) is 9.07. The molecule has 2 heterocycles. The molecule has 0 N–H and O–H groups in total. The van der Waals surface area contributed by atoms with Gasteiger partial charge in [0.15, 0.2) is 5.78 Å². The normalized spacial score (nSPS) is 30.9. The van der Waals surface area contributed by atoms with Gasteiger partial charge in [-0.05, 0) is 32.6 Å². The van der Waals surface area contributed by atoms with Crippen molar-refractivity contribution in [1.82, 2.24) is 4.90 Å². The standard InChI is InChI=1S/C11H17NO3/c1-8(13)9-4-2-6-12(9)11(14)10-5-3-7-15-10/h9-10H,2-7H2,1H3/t9-,10-/m0/s1. The first-order chi connectivity index (χ1) is 7.20. The van der Waals surface area contributed by atoms with Gasteiger partial charge in [0.1, 0.15) is 6.10 Å². The van der Waals surface area contributed by atoms with Crippen molar-refractivity contribution >= 4 is 11.7 Å². The molecule has 2 fully saturated rings. The zero-order valence-electron chi connectivity index (χ0n) is 9.07. The van der Waals surface area contributed by atoms with Gasteiger partial charge in [0.2, 0.25) is 0 Å². The highest BCUT2D eigenvalue weighted by atomic mass is 16.5. The fourth-order valence-electron chi connectivity index (χ4n) is 2.41. The van der Waals surface area contributed by atoms with Crippen molar-refractivity contribution in [2.24, 2.45) is 0 Å². The monoisotopic (exact) mass is 211 g/mol. The van der Waals surface area contributed by atoms with Gasteiger partial charge in [-0.1, -0.05) is 0 Å². The molecule has 4 nitrogen and oxygen atoms in total. The van der Waals surface area contributed by atoms with Gasteiger partial charge < -0.3 is 9.64 Å². The average molecular weight is 211 g/mol. The summed E-state index contributed by atoms with van der Waals surface area (Å²) in [6, 6.07) is -0.193. The van der Waals surface area contributed by atoms with Crippen molar-refractivity contribution < 1.29 is 14.3 Å². The van der Waals surface area contributed by atoms with Crippen LogP contribution < -0.4 is 0 Å². The minimum Gasteiger partial charge on any atom is -0.368 e. The van der Waals surface area contributed by atoms with Crippen molar-refractivity contribution in [3.05, 3.63) is 0 Å². The first-order valence-electron chi connectivity index (χ1n) is 5.62. The van der Waals surface area contributed by atoms with E-state index in [2.05, 4.69) is 0 Å². The number of carbonyl (C=O) groups excluding carboxylic acids is 2. The topological polar surface area (TPSA) is 46.6 Å². The molecule has 0 unspecified atom stereocenters. The maximum absolute atomic E-state index is 12.0. The molecule has 0 radical (unpaired) electrons. The predicted octanol–water partition coefficient (Wildman–Crippen LogP) is 0.745. The number of ether oxygens (including phenoxy) is 1. The summed E-state index contributed by atoms with van der Waals surface area (Å²) in [4.78, 5) is 25.1. The van der Waals surface area contributed by atoms with E-state index in [9.17, 15) is 9.59 Å². The Kier molecular flexibility index (Phi) is 3.05. The molecule has 0 aromatic rings. The highest BCUT2D eigenvalue weighted by Crippen LogP contribution is 2.22. The van der Waals surface area contributed by atoms with Gasteiger partial charge in [0.05, 0.1) is 6.04 Å². The molecule has 0 spiro atoms. The summed E-state index contributed by atoms with van der Waals surface area (Å²) < 4.78 is 5.35. The Hall–Kier alpha value is -0.900. The Balaban J connectivity index is 2.02. The first kappa shape index (κ1) is 10.6. The van der Waals surface area contributed by atoms with Crippen molar-refractivity contribution in [2.45, 2.75) is 44.8 Å². The Morgan fingerprint density at radius 1 is 1.27 bits per heavy atom. The van der Waals surface area contributed by atoms with E-state index in [0.717, 1.165) is 25.7 Å². The lowest BCUT2D eigenvalue weighted by atomic mass is 10.1. The van der Waals surface area contributed by atoms with E-state index in [4.69, 9.17) is 4.74 Å². The number of carbonyl (C=O) groups is 2. The van der Waals surface area contributed by atoms with Crippen molar-refractivity contribution in [1.29, 1.82) is 0 Å².